The molecule has 1 aromatic heterocycles. The van der Waals surface area contributed by atoms with Gasteiger partial charge in [0.05, 0.1) is 43.1 Å². The molecule has 35 nitrogen and oxygen atoms in total. The maximum absolute atomic E-state index is 13.1. The van der Waals surface area contributed by atoms with Crippen molar-refractivity contribution < 1.29 is 98.1 Å². The smallest absolute Gasteiger partial charge is 0.297 e. The number of nitro benzene ring substituents is 1. The van der Waals surface area contributed by atoms with Crippen LogP contribution in [0.4, 0.5) is 56.9 Å². The lowest BCUT2D eigenvalue weighted by Gasteiger charge is -2.13. The van der Waals surface area contributed by atoms with E-state index in [1.165, 1.54) is 6.92 Å². The van der Waals surface area contributed by atoms with Gasteiger partial charge in [-0.2, -0.15) is 65.4 Å². The Kier molecular flexibility index (Phi) is 16.2. The van der Waals surface area contributed by atoms with Crippen molar-refractivity contribution in [3.8, 4) is 23.1 Å². The van der Waals surface area contributed by atoms with Gasteiger partial charge in [0.2, 0.25) is 5.88 Å². The fraction of sp³-hybridized carbons (Fsp3) is 0.0238. The molecule has 7 aromatic carbocycles. The minimum atomic E-state index is -5.68. The highest BCUT2D eigenvalue weighted by atomic mass is 35.5. The summed E-state index contributed by atoms with van der Waals surface area (Å²) < 4.78 is 211. The first-order chi connectivity index (χ1) is 39.2. The van der Waals surface area contributed by atoms with Gasteiger partial charge >= 0.3 is 0 Å². The number of phenolic OH excluding ortho intramolecular Hbond substituents is 2. The molecular weight excluding hydrogens is 1300 g/mol. The summed E-state index contributed by atoms with van der Waals surface area (Å²) >= 11 is 12.2. The minimum absolute atomic E-state index is 0.112. The van der Waals surface area contributed by atoms with Crippen molar-refractivity contribution in [3.05, 3.63) is 111 Å². The molecule has 0 amide bonds. The lowest BCUT2D eigenvalue weighted by atomic mass is 10.1. The Morgan fingerprint density at radius 2 is 1.00 bits per heavy atom. The molecule has 0 spiro atoms. The zero-order chi connectivity index (χ0) is 63.0. The van der Waals surface area contributed by atoms with E-state index in [9.17, 15) is 103 Å². The van der Waals surface area contributed by atoms with Crippen LogP contribution in [0.2, 0.25) is 10.0 Å². The maximum Gasteiger partial charge on any atom is 0.297 e. The Balaban J connectivity index is 1.19. The van der Waals surface area contributed by atoms with Crippen molar-refractivity contribution in [3.63, 3.8) is 0 Å². The lowest BCUT2D eigenvalue weighted by Crippen LogP contribution is -2.03. The van der Waals surface area contributed by atoms with E-state index in [2.05, 4.69) is 46.0 Å². The average Bonchev–Trinajstić information content (AvgIpc) is 1.75. The number of aromatic nitrogens is 2. The van der Waals surface area contributed by atoms with Crippen LogP contribution in [0.3, 0.4) is 0 Å². The first kappa shape index (κ1) is 62.4. The van der Waals surface area contributed by atoms with Crippen molar-refractivity contribution >= 4 is 162 Å². The van der Waals surface area contributed by atoms with E-state index in [1.807, 2.05) is 0 Å². The minimum Gasteiger partial charge on any atom is -0.505 e. The van der Waals surface area contributed by atoms with Gasteiger partial charge in [-0.15, -0.1) is 35.8 Å². The summed E-state index contributed by atoms with van der Waals surface area (Å²) in [6.45, 7) is 1.28. The number of aryl methyl sites for hydroxylation is 1. The lowest BCUT2D eigenvalue weighted by molar-refractivity contribution is -0.385. The highest BCUT2D eigenvalue weighted by Crippen LogP contribution is 2.49. The molecule has 0 saturated carbocycles. The predicted molar refractivity (Wildman–Crippen MR) is 291 cm³/mol. The molecule has 85 heavy (non-hydrogen) atoms. The number of azo groups is 4. The molecule has 0 aliphatic rings. The molecule has 0 radical (unpaired) electrons. The Labute approximate surface area is 484 Å². The molecule has 43 heteroatoms. The first-order valence-electron chi connectivity index (χ1n) is 21.8. The standard InChI is InChI=1S/C42H28Cl2N12O23S6/c1-16-37(42(59)55(54-16)29-13-23(44)31(14-22(29)43)81(65,66)67)52-48-24-6-2-17(10-32(24)82(68,69)70)46-53-38-34(84(74,75)76)12-21-19(39(38)57)4-9-27(41(21)85(77,78)79)50-51-28-15-30(80(62,63)64)20-5-8-26(40(58)35(20)36(28)45)49-47-25-7-3-18(56(60)61)11-33(25)83(71,72)73/h2-15,57-59H,45H2,1H3,(H,62,63,64)(H,65,66,67)(H,68,69,70)(H,71,72,73)(H,74,75,76)(H,77,78,79). The third kappa shape index (κ3) is 12.6. The molecular formula is C42H28Cl2N12O23S6. The monoisotopic (exact) mass is 1330 g/mol. The van der Waals surface area contributed by atoms with E-state index in [0.717, 1.165) is 59.3 Å². The maximum atomic E-state index is 13.1. The molecule has 0 unspecified atom stereocenters. The van der Waals surface area contributed by atoms with Gasteiger partial charge < -0.3 is 21.1 Å². The molecule has 1 heterocycles. The zero-order valence-corrected chi connectivity index (χ0v) is 47.4. The quantitative estimate of drug-likeness (QED) is 0.0141. The van der Waals surface area contributed by atoms with Crippen molar-refractivity contribution in [2.75, 3.05) is 5.73 Å². The number of rotatable bonds is 16. The van der Waals surface area contributed by atoms with Gasteiger partial charge in [0.15, 0.2) is 17.2 Å². The normalized spacial score (nSPS) is 13.2. The second-order valence-electron chi connectivity index (χ2n) is 16.9. The number of halogens is 2. The fourth-order valence-corrected chi connectivity index (χ4v) is 12.5. The van der Waals surface area contributed by atoms with Crippen LogP contribution in [0.15, 0.2) is 155 Å². The van der Waals surface area contributed by atoms with Crippen LogP contribution < -0.4 is 5.73 Å². The van der Waals surface area contributed by atoms with Gasteiger partial charge in [-0.25, -0.2) is 0 Å². The molecule has 8 rings (SSSR count). The number of nitrogens with zero attached hydrogens (tertiary/aromatic N) is 11. The Bertz CT molecular complexity index is 5140. The summed E-state index contributed by atoms with van der Waals surface area (Å²) in [6, 6.07) is 10.3. The van der Waals surface area contributed by atoms with Crippen LogP contribution in [0.25, 0.3) is 27.2 Å². The summed E-state index contributed by atoms with van der Waals surface area (Å²) in [7, 11) is -32.0. The zero-order valence-electron chi connectivity index (χ0n) is 41.0. The van der Waals surface area contributed by atoms with Crippen molar-refractivity contribution in [2.45, 2.75) is 36.3 Å². The third-order valence-electron chi connectivity index (χ3n) is 11.4. The summed E-state index contributed by atoms with van der Waals surface area (Å²) in [5.74, 6) is -3.20. The van der Waals surface area contributed by atoms with Crippen molar-refractivity contribution in [1.29, 1.82) is 0 Å². The number of hydrogen-bond acceptors (Lipinski definition) is 27. The SMILES string of the molecule is Cc1nn(-c2cc(Cl)c(S(=O)(=O)O)cc2Cl)c(O)c1N=Nc1ccc(N=Nc2c(S(=O)(=O)O)cc3c(S(=O)(=O)O)c(N=Nc4cc(S(=O)(=O)O)c5ccc(N=Nc6ccc([N+](=O)[O-])cc6S(=O)(=O)O)c(O)c5c4N)ccc3c2O)cc1S(=O)(=O)O. The van der Waals surface area contributed by atoms with E-state index in [1.54, 1.807) is 0 Å². The van der Waals surface area contributed by atoms with Crippen molar-refractivity contribution in [1.82, 2.24) is 9.78 Å². The topological polar surface area (TPSA) is 573 Å². The number of aromatic hydroxyl groups is 3. The summed E-state index contributed by atoms with van der Waals surface area (Å²) in [5.41, 5.74) is -1.59. The molecule has 0 saturated heterocycles. The third-order valence-corrected chi connectivity index (χ3v) is 17.5. The van der Waals surface area contributed by atoms with Gasteiger partial charge in [0.1, 0.15) is 63.5 Å². The molecule has 11 N–H and O–H groups in total. The van der Waals surface area contributed by atoms with Gasteiger partial charge in [-0.1, -0.05) is 29.3 Å². The van der Waals surface area contributed by atoms with Crippen LogP contribution >= 0.6 is 23.2 Å². The Morgan fingerprint density at radius 3 is 1.59 bits per heavy atom. The van der Waals surface area contributed by atoms with Gasteiger partial charge in [0.25, 0.3) is 66.4 Å². The fourth-order valence-electron chi connectivity index (χ4n) is 7.72. The number of phenols is 2. The molecule has 8 aromatic rings. The van der Waals surface area contributed by atoms with Crippen LogP contribution in [0, 0.1) is 17.0 Å². The van der Waals surface area contributed by atoms with Gasteiger partial charge in [-0.05, 0) is 73.7 Å². The number of non-ortho nitro benzene ring substituents is 1. The summed E-state index contributed by atoms with van der Waals surface area (Å²) in [6.07, 6.45) is 0. The van der Waals surface area contributed by atoms with E-state index in [4.69, 9.17) is 28.9 Å². The van der Waals surface area contributed by atoms with E-state index < -0.39 is 201 Å². The van der Waals surface area contributed by atoms with E-state index >= 15 is 0 Å². The number of fused-ring (bicyclic) bond motifs is 2. The summed E-state index contributed by atoms with van der Waals surface area (Å²) in [4.78, 5) is 3.39. The number of nitrogen functional groups attached to an aromatic ring is 1. The first-order valence-corrected chi connectivity index (χ1v) is 31.2. The van der Waals surface area contributed by atoms with E-state index in [0.29, 0.717) is 30.3 Å². The van der Waals surface area contributed by atoms with Crippen LogP contribution in [0.5, 0.6) is 17.4 Å². The molecule has 0 atom stereocenters. The number of anilines is 1. The van der Waals surface area contributed by atoms with Gasteiger partial charge in [-0.3, -0.25) is 37.4 Å². The van der Waals surface area contributed by atoms with Gasteiger partial charge in [0, 0.05) is 28.3 Å². The Hall–Kier alpha value is -8.69. The number of hydrogen-bond donors (Lipinski definition) is 10. The number of nitro groups is 1. The molecule has 444 valence electrons. The van der Waals surface area contributed by atoms with E-state index in [-0.39, 0.29) is 11.4 Å². The van der Waals surface area contributed by atoms with Crippen LogP contribution in [-0.2, 0) is 60.7 Å². The highest BCUT2D eigenvalue weighted by molar-refractivity contribution is 7.87. The molecule has 0 aliphatic heterocycles. The molecule has 0 aliphatic carbocycles. The second kappa shape index (κ2) is 22.1. The average molecular weight is 1330 g/mol. The number of nitrogens with two attached hydrogens (primary N) is 1. The largest absolute Gasteiger partial charge is 0.505 e. The van der Waals surface area contributed by atoms with Crippen LogP contribution in [-0.4, -0.2) is 108 Å². The van der Waals surface area contributed by atoms with Crippen LogP contribution in [0.1, 0.15) is 5.69 Å². The van der Waals surface area contributed by atoms with Crippen molar-refractivity contribution in [2.24, 2.45) is 40.9 Å². The number of benzene rings is 7. The summed E-state index contributed by atoms with van der Waals surface area (Å²) in [5, 5.41) is 74.7. The predicted octanol–water partition coefficient (Wildman–Crippen LogP) is 9.54. The second-order valence-corrected chi connectivity index (χ2v) is 26.0. The molecule has 0 fully saturated rings. The Morgan fingerprint density at radius 1 is 0.494 bits per heavy atom. The molecule has 0 bridgehead atoms. The highest BCUT2D eigenvalue weighted by Gasteiger charge is 2.30.